The maximum atomic E-state index is 11.8. The van der Waals surface area contributed by atoms with Crippen molar-refractivity contribution in [3.05, 3.63) is 59.7 Å². The second kappa shape index (κ2) is 7.98. The number of ether oxygens (including phenoxy) is 1. The van der Waals surface area contributed by atoms with E-state index in [-0.39, 0.29) is 11.8 Å². The predicted molar refractivity (Wildman–Crippen MR) is 90.1 cm³/mol. The second-order valence-electron chi connectivity index (χ2n) is 5.18. The molecule has 0 saturated carbocycles. The molecule has 0 fully saturated rings. The van der Waals surface area contributed by atoms with Crippen LogP contribution >= 0.6 is 0 Å². The van der Waals surface area contributed by atoms with E-state index in [2.05, 4.69) is 10.6 Å². The van der Waals surface area contributed by atoms with Crippen molar-refractivity contribution in [1.29, 1.82) is 0 Å². The second-order valence-corrected chi connectivity index (χ2v) is 5.18. The highest BCUT2D eigenvalue weighted by molar-refractivity contribution is 5.96. The highest BCUT2D eigenvalue weighted by atomic mass is 16.5. The Morgan fingerprint density at radius 2 is 1.87 bits per heavy atom. The lowest BCUT2D eigenvalue weighted by molar-refractivity contribution is 0.101. The topological polar surface area (TPSA) is 67.4 Å². The Hall–Kier alpha value is -2.82. The van der Waals surface area contributed by atoms with Gasteiger partial charge in [0.2, 0.25) is 0 Å². The van der Waals surface area contributed by atoms with Crippen molar-refractivity contribution >= 4 is 17.5 Å². The third-order valence-electron chi connectivity index (χ3n) is 3.17. The highest BCUT2D eigenvalue weighted by Gasteiger charge is 2.04. The van der Waals surface area contributed by atoms with Gasteiger partial charge >= 0.3 is 6.03 Å². The summed E-state index contributed by atoms with van der Waals surface area (Å²) in [6.07, 6.45) is 0. The molecule has 2 N–H and O–H groups in total. The molecule has 2 aromatic carbocycles. The zero-order valence-corrected chi connectivity index (χ0v) is 13.3. The molecule has 0 aliphatic carbocycles. The molecule has 0 atom stereocenters. The van der Waals surface area contributed by atoms with Crippen LogP contribution in [0.3, 0.4) is 0 Å². The molecule has 0 aliphatic heterocycles. The van der Waals surface area contributed by atoms with Crippen LogP contribution in [-0.4, -0.2) is 25.0 Å². The first-order valence-electron chi connectivity index (χ1n) is 7.40. The Labute approximate surface area is 135 Å². The molecule has 5 heteroatoms. The minimum atomic E-state index is -0.335. The molecule has 2 amide bonds. The molecule has 0 spiro atoms. The van der Waals surface area contributed by atoms with Crippen LogP contribution in [0.15, 0.2) is 48.5 Å². The fourth-order valence-corrected chi connectivity index (χ4v) is 2.03. The van der Waals surface area contributed by atoms with Crippen molar-refractivity contribution in [1.82, 2.24) is 5.32 Å². The number of rotatable bonds is 6. The summed E-state index contributed by atoms with van der Waals surface area (Å²) in [5, 5.41) is 5.39. The molecule has 0 saturated heterocycles. The molecule has 23 heavy (non-hydrogen) atoms. The van der Waals surface area contributed by atoms with Gasteiger partial charge in [0, 0.05) is 11.3 Å². The Morgan fingerprint density at radius 3 is 2.61 bits per heavy atom. The quantitative estimate of drug-likeness (QED) is 0.634. The lowest BCUT2D eigenvalue weighted by atomic mass is 10.1. The minimum Gasteiger partial charge on any atom is -0.492 e. The fraction of sp³-hybridized carbons (Fsp3) is 0.222. The lowest BCUT2D eigenvalue weighted by Gasteiger charge is -2.10. The monoisotopic (exact) mass is 312 g/mol. The SMILES string of the molecule is CC(=O)c1cccc(NC(=O)NCCOc2cccc(C)c2)c1. The van der Waals surface area contributed by atoms with Crippen LogP contribution in [0.2, 0.25) is 0 Å². The van der Waals surface area contributed by atoms with Crippen LogP contribution in [0.1, 0.15) is 22.8 Å². The summed E-state index contributed by atoms with van der Waals surface area (Å²) in [4.78, 5) is 23.1. The average Bonchev–Trinajstić information content (AvgIpc) is 2.52. The normalized spacial score (nSPS) is 10.0. The largest absolute Gasteiger partial charge is 0.492 e. The summed E-state index contributed by atoms with van der Waals surface area (Å²) in [5.41, 5.74) is 2.26. The van der Waals surface area contributed by atoms with E-state index in [0.717, 1.165) is 11.3 Å². The number of ketones is 1. The van der Waals surface area contributed by atoms with Crippen molar-refractivity contribution in [2.24, 2.45) is 0 Å². The van der Waals surface area contributed by atoms with Gasteiger partial charge in [-0.3, -0.25) is 4.79 Å². The van der Waals surface area contributed by atoms with Crippen molar-refractivity contribution in [3.63, 3.8) is 0 Å². The third kappa shape index (κ3) is 5.47. The van der Waals surface area contributed by atoms with Gasteiger partial charge in [0.1, 0.15) is 12.4 Å². The Kier molecular flexibility index (Phi) is 5.74. The first-order valence-corrected chi connectivity index (χ1v) is 7.40. The van der Waals surface area contributed by atoms with Crippen LogP contribution in [0.5, 0.6) is 5.75 Å². The zero-order valence-electron chi connectivity index (χ0n) is 13.3. The summed E-state index contributed by atoms with van der Waals surface area (Å²) < 4.78 is 5.55. The van der Waals surface area contributed by atoms with E-state index in [9.17, 15) is 9.59 Å². The molecule has 120 valence electrons. The number of carbonyl (C=O) groups excluding carboxylic acids is 2. The van der Waals surface area contributed by atoms with E-state index < -0.39 is 0 Å². The Morgan fingerprint density at radius 1 is 1.09 bits per heavy atom. The Bertz CT molecular complexity index is 698. The molecule has 0 unspecified atom stereocenters. The number of urea groups is 1. The van der Waals surface area contributed by atoms with Gasteiger partial charge in [-0.2, -0.15) is 0 Å². The van der Waals surface area contributed by atoms with E-state index >= 15 is 0 Å². The van der Waals surface area contributed by atoms with Gasteiger partial charge in [0.15, 0.2) is 5.78 Å². The van der Waals surface area contributed by atoms with Crippen molar-refractivity contribution in [3.8, 4) is 5.75 Å². The standard InChI is InChI=1S/C18H20N2O3/c1-13-5-3-8-17(11-13)23-10-9-19-18(22)20-16-7-4-6-15(12-16)14(2)21/h3-8,11-12H,9-10H2,1-2H3,(H2,19,20,22). The molecular weight excluding hydrogens is 292 g/mol. The average molecular weight is 312 g/mol. The molecule has 0 radical (unpaired) electrons. The maximum Gasteiger partial charge on any atom is 0.319 e. The molecule has 0 aromatic heterocycles. The summed E-state index contributed by atoms with van der Waals surface area (Å²) in [6.45, 7) is 4.24. The summed E-state index contributed by atoms with van der Waals surface area (Å²) >= 11 is 0. The van der Waals surface area contributed by atoms with Gasteiger partial charge < -0.3 is 15.4 Å². The van der Waals surface area contributed by atoms with E-state index in [1.54, 1.807) is 24.3 Å². The van der Waals surface area contributed by atoms with E-state index in [0.29, 0.717) is 24.4 Å². The number of hydrogen-bond acceptors (Lipinski definition) is 3. The number of amides is 2. The van der Waals surface area contributed by atoms with E-state index in [4.69, 9.17) is 4.74 Å². The van der Waals surface area contributed by atoms with Gasteiger partial charge in [-0.1, -0.05) is 24.3 Å². The van der Waals surface area contributed by atoms with Gasteiger partial charge in [0.05, 0.1) is 6.54 Å². The van der Waals surface area contributed by atoms with Gasteiger partial charge in [-0.05, 0) is 43.7 Å². The van der Waals surface area contributed by atoms with E-state index in [1.165, 1.54) is 6.92 Å². The third-order valence-corrected chi connectivity index (χ3v) is 3.17. The van der Waals surface area contributed by atoms with Crippen LogP contribution < -0.4 is 15.4 Å². The van der Waals surface area contributed by atoms with Gasteiger partial charge in [-0.15, -0.1) is 0 Å². The fourth-order valence-electron chi connectivity index (χ4n) is 2.03. The first-order chi connectivity index (χ1) is 11.0. The summed E-state index contributed by atoms with van der Waals surface area (Å²) in [7, 11) is 0. The Balaban J connectivity index is 1.75. The highest BCUT2D eigenvalue weighted by Crippen LogP contribution is 2.12. The van der Waals surface area contributed by atoms with Gasteiger partial charge in [0.25, 0.3) is 0 Å². The lowest BCUT2D eigenvalue weighted by Crippen LogP contribution is -2.32. The molecule has 5 nitrogen and oxygen atoms in total. The number of Topliss-reactive ketones (excluding diaryl/α,β-unsaturated/α-hetero) is 1. The van der Waals surface area contributed by atoms with Crippen LogP contribution in [-0.2, 0) is 0 Å². The number of anilines is 1. The zero-order chi connectivity index (χ0) is 16.7. The number of carbonyl (C=O) groups is 2. The smallest absolute Gasteiger partial charge is 0.319 e. The molecule has 0 heterocycles. The number of aryl methyl sites for hydroxylation is 1. The number of nitrogens with one attached hydrogen (secondary N) is 2. The van der Waals surface area contributed by atoms with Crippen molar-refractivity contribution < 1.29 is 14.3 Å². The summed E-state index contributed by atoms with van der Waals surface area (Å²) in [6, 6.07) is 14.2. The van der Waals surface area contributed by atoms with Crippen LogP contribution in [0.25, 0.3) is 0 Å². The molecule has 2 aromatic rings. The predicted octanol–water partition coefficient (Wildman–Crippen LogP) is 3.40. The molecule has 0 bridgehead atoms. The van der Waals surface area contributed by atoms with Crippen molar-refractivity contribution in [2.45, 2.75) is 13.8 Å². The molecular formula is C18H20N2O3. The number of benzene rings is 2. The van der Waals surface area contributed by atoms with Gasteiger partial charge in [-0.25, -0.2) is 4.79 Å². The van der Waals surface area contributed by atoms with E-state index in [1.807, 2.05) is 31.2 Å². The molecule has 2 rings (SSSR count). The summed E-state index contributed by atoms with van der Waals surface area (Å²) in [5.74, 6) is 0.738. The molecule has 0 aliphatic rings. The minimum absolute atomic E-state index is 0.0411. The van der Waals surface area contributed by atoms with Crippen LogP contribution in [0, 0.1) is 6.92 Å². The van der Waals surface area contributed by atoms with Crippen molar-refractivity contribution in [2.75, 3.05) is 18.5 Å². The number of hydrogen-bond donors (Lipinski definition) is 2. The first kappa shape index (κ1) is 16.5. The van der Waals surface area contributed by atoms with Crippen LogP contribution in [0.4, 0.5) is 10.5 Å². The maximum absolute atomic E-state index is 11.8.